The molecule has 0 spiro atoms. The highest BCUT2D eigenvalue weighted by Gasteiger charge is 2.15. The van der Waals surface area contributed by atoms with Crippen molar-refractivity contribution >= 4 is 11.8 Å². The minimum absolute atomic E-state index is 0.694. The zero-order valence-corrected chi connectivity index (χ0v) is 15.5. The Labute approximate surface area is 150 Å². The standard InChI is InChI=1S/C18H31N5O2/c1-3-24-12-5-4-8-21-18(19-2)22-15-16-7-6-9-20-17(16)23-10-13-25-14-11-23/h6-7,9H,3-5,8,10-15H2,1-2H3,(H2,19,21,22). The van der Waals surface area contributed by atoms with Crippen molar-refractivity contribution in [3.63, 3.8) is 0 Å². The SMILES string of the molecule is CCOCCCCNC(=NC)NCc1cccnc1N1CCOCC1. The van der Waals surface area contributed by atoms with Crippen molar-refractivity contribution < 1.29 is 9.47 Å². The second-order valence-electron chi connectivity index (χ2n) is 5.84. The van der Waals surface area contributed by atoms with Crippen LogP contribution in [0.3, 0.4) is 0 Å². The predicted molar refractivity (Wildman–Crippen MR) is 101 cm³/mol. The molecule has 0 atom stereocenters. The summed E-state index contributed by atoms with van der Waals surface area (Å²) < 4.78 is 10.8. The van der Waals surface area contributed by atoms with Gasteiger partial charge in [0.25, 0.3) is 0 Å². The molecule has 0 bridgehead atoms. The second-order valence-corrected chi connectivity index (χ2v) is 5.84. The number of unbranched alkanes of at least 4 members (excludes halogenated alkanes) is 1. The summed E-state index contributed by atoms with van der Waals surface area (Å²) in [5.74, 6) is 1.85. The van der Waals surface area contributed by atoms with Gasteiger partial charge in [0.05, 0.1) is 13.2 Å². The highest BCUT2D eigenvalue weighted by Crippen LogP contribution is 2.18. The Morgan fingerprint density at radius 1 is 1.32 bits per heavy atom. The summed E-state index contributed by atoms with van der Waals surface area (Å²) in [6.45, 7) is 8.50. The first kappa shape index (κ1) is 19.5. The molecule has 0 unspecified atom stereocenters. The lowest BCUT2D eigenvalue weighted by atomic mass is 10.2. The molecule has 2 rings (SSSR count). The van der Waals surface area contributed by atoms with E-state index in [1.807, 2.05) is 19.2 Å². The topological polar surface area (TPSA) is 71.0 Å². The van der Waals surface area contributed by atoms with Crippen LogP contribution in [0.25, 0.3) is 0 Å². The second kappa shape index (κ2) is 11.7. The van der Waals surface area contributed by atoms with E-state index < -0.39 is 0 Å². The number of ether oxygens (including phenoxy) is 2. The molecule has 1 saturated heterocycles. The van der Waals surface area contributed by atoms with E-state index in [1.54, 1.807) is 7.05 Å². The van der Waals surface area contributed by atoms with E-state index in [0.717, 1.165) is 70.7 Å². The van der Waals surface area contributed by atoms with Crippen molar-refractivity contribution in [1.29, 1.82) is 0 Å². The van der Waals surface area contributed by atoms with Crippen LogP contribution >= 0.6 is 0 Å². The van der Waals surface area contributed by atoms with E-state index in [1.165, 1.54) is 5.56 Å². The molecule has 0 radical (unpaired) electrons. The molecule has 140 valence electrons. The number of aliphatic imine (C=N–C) groups is 1. The third-order valence-electron chi connectivity index (χ3n) is 4.06. The lowest BCUT2D eigenvalue weighted by Gasteiger charge is -2.29. The van der Waals surface area contributed by atoms with Crippen LogP contribution in [0, 0.1) is 0 Å². The number of hydrogen-bond acceptors (Lipinski definition) is 5. The number of anilines is 1. The van der Waals surface area contributed by atoms with Gasteiger partial charge in [0.2, 0.25) is 0 Å². The molecule has 25 heavy (non-hydrogen) atoms. The van der Waals surface area contributed by atoms with Crippen LogP contribution in [0.15, 0.2) is 23.3 Å². The summed E-state index contributed by atoms with van der Waals surface area (Å²) in [7, 11) is 1.79. The predicted octanol–water partition coefficient (Wildman–Crippen LogP) is 1.40. The monoisotopic (exact) mass is 349 g/mol. The molecule has 0 aliphatic carbocycles. The first-order valence-electron chi connectivity index (χ1n) is 9.14. The van der Waals surface area contributed by atoms with Gasteiger partial charge < -0.3 is 25.0 Å². The van der Waals surface area contributed by atoms with Gasteiger partial charge in [-0.25, -0.2) is 4.98 Å². The smallest absolute Gasteiger partial charge is 0.191 e. The van der Waals surface area contributed by atoms with Gasteiger partial charge in [-0.05, 0) is 25.8 Å². The molecule has 2 heterocycles. The first-order chi connectivity index (χ1) is 12.3. The number of hydrogen-bond donors (Lipinski definition) is 2. The Morgan fingerprint density at radius 3 is 2.92 bits per heavy atom. The van der Waals surface area contributed by atoms with Crippen molar-refractivity contribution in [1.82, 2.24) is 15.6 Å². The highest BCUT2D eigenvalue weighted by molar-refractivity contribution is 5.79. The molecule has 0 saturated carbocycles. The van der Waals surface area contributed by atoms with Crippen LogP contribution < -0.4 is 15.5 Å². The summed E-state index contributed by atoms with van der Waals surface area (Å²) in [5.41, 5.74) is 1.17. The van der Waals surface area contributed by atoms with Crippen molar-refractivity contribution in [2.45, 2.75) is 26.3 Å². The Bertz CT molecular complexity index is 518. The fourth-order valence-corrected chi connectivity index (χ4v) is 2.71. The quantitative estimate of drug-likeness (QED) is 0.399. The lowest BCUT2D eigenvalue weighted by Crippen LogP contribution is -2.39. The molecule has 1 aliphatic rings. The highest BCUT2D eigenvalue weighted by atomic mass is 16.5. The van der Waals surface area contributed by atoms with Gasteiger partial charge in [0, 0.05) is 58.2 Å². The van der Waals surface area contributed by atoms with E-state index in [0.29, 0.717) is 6.54 Å². The molecule has 1 aromatic heterocycles. The maximum Gasteiger partial charge on any atom is 0.191 e. The van der Waals surface area contributed by atoms with Crippen molar-refractivity contribution in [2.24, 2.45) is 4.99 Å². The molecular weight excluding hydrogens is 318 g/mol. The summed E-state index contributed by atoms with van der Waals surface area (Å²) in [6, 6.07) is 4.09. The van der Waals surface area contributed by atoms with Crippen LogP contribution in [0.5, 0.6) is 0 Å². The van der Waals surface area contributed by atoms with E-state index >= 15 is 0 Å². The molecule has 1 fully saturated rings. The average Bonchev–Trinajstić information content (AvgIpc) is 2.68. The first-order valence-corrected chi connectivity index (χ1v) is 9.14. The molecule has 1 aliphatic heterocycles. The molecule has 0 amide bonds. The van der Waals surface area contributed by atoms with Gasteiger partial charge in [-0.2, -0.15) is 0 Å². The number of nitrogens with zero attached hydrogens (tertiary/aromatic N) is 3. The van der Waals surface area contributed by atoms with Crippen LogP contribution in [0.1, 0.15) is 25.3 Å². The third-order valence-corrected chi connectivity index (χ3v) is 4.06. The maximum atomic E-state index is 5.43. The Kier molecular flexibility index (Phi) is 9.07. The fraction of sp³-hybridized carbons (Fsp3) is 0.667. The lowest BCUT2D eigenvalue weighted by molar-refractivity contribution is 0.122. The molecule has 7 heteroatoms. The largest absolute Gasteiger partial charge is 0.382 e. The summed E-state index contributed by atoms with van der Waals surface area (Å²) in [5, 5.41) is 6.72. The molecule has 7 nitrogen and oxygen atoms in total. The maximum absolute atomic E-state index is 5.43. The summed E-state index contributed by atoms with van der Waals surface area (Å²) in [6.07, 6.45) is 3.97. The van der Waals surface area contributed by atoms with Gasteiger partial charge >= 0.3 is 0 Å². The summed E-state index contributed by atoms with van der Waals surface area (Å²) in [4.78, 5) is 11.1. The van der Waals surface area contributed by atoms with Gasteiger partial charge in [0.15, 0.2) is 5.96 Å². The van der Waals surface area contributed by atoms with Gasteiger partial charge in [0.1, 0.15) is 5.82 Å². The number of pyridine rings is 1. The normalized spacial score (nSPS) is 15.3. The van der Waals surface area contributed by atoms with Crippen molar-refractivity contribution in [3.8, 4) is 0 Å². The zero-order chi connectivity index (χ0) is 17.7. The minimum atomic E-state index is 0.694. The van der Waals surface area contributed by atoms with Crippen molar-refractivity contribution in [3.05, 3.63) is 23.9 Å². The van der Waals surface area contributed by atoms with E-state index in [2.05, 4.69) is 31.6 Å². The fourth-order valence-electron chi connectivity index (χ4n) is 2.71. The molecular formula is C18H31N5O2. The van der Waals surface area contributed by atoms with E-state index in [4.69, 9.17) is 9.47 Å². The molecule has 1 aromatic rings. The van der Waals surface area contributed by atoms with Crippen LogP contribution in [0.2, 0.25) is 0 Å². The number of rotatable bonds is 9. The van der Waals surface area contributed by atoms with Crippen LogP contribution in [0.4, 0.5) is 5.82 Å². The number of nitrogens with one attached hydrogen (secondary N) is 2. The third kappa shape index (κ3) is 6.88. The number of guanidine groups is 1. The Hall–Kier alpha value is -1.86. The van der Waals surface area contributed by atoms with Gasteiger partial charge in [-0.15, -0.1) is 0 Å². The van der Waals surface area contributed by atoms with Crippen molar-refractivity contribution in [2.75, 3.05) is 58.0 Å². The number of aromatic nitrogens is 1. The van der Waals surface area contributed by atoms with E-state index in [9.17, 15) is 0 Å². The zero-order valence-electron chi connectivity index (χ0n) is 15.5. The van der Waals surface area contributed by atoms with E-state index in [-0.39, 0.29) is 0 Å². The average molecular weight is 349 g/mol. The van der Waals surface area contributed by atoms with Gasteiger partial charge in [-0.1, -0.05) is 6.07 Å². The summed E-state index contributed by atoms with van der Waals surface area (Å²) >= 11 is 0. The van der Waals surface area contributed by atoms with Crippen LogP contribution in [-0.4, -0.2) is 64.1 Å². The molecule has 2 N–H and O–H groups in total. The molecule has 0 aromatic carbocycles. The Balaban J connectivity index is 1.79. The Morgan fingerprint density at radius 2 is 2.16 bits per heavy atom. The minimum Gasteiger partial charge on any atom is -0.382 e. The van der Waals surface area contributed by atoms with Crippen LogP contribution in [-0.2, 0) is 16.0 Å². The number of morpholine rings is 1. The van der Waals surface area contributed by atoms with Gasteiger partial charge in [-0.3, -0.25) is 4.99 Å².